The number of rotatable bonds is 13. The lowest BCUT2D eigenvalue weighted by atomic mass is 9.77. The number of unbranched alkanes of at least 4 members (excludes halogenated alkanes) is 9. The Morgan fingerprint density at radius 3 is 2.04 bits per heavy atom. The molecule has 2 atom stereocenters. The van der Waals surface area contributed by atoms with Gasteiger partial charge in [-0.05, 0) is 31.6 Å². The van der Waals surface area contributed by atoms with Crippen molar-refractivity contribution in [3.8, 4) is 0 Å². The van der Waals surface area contributed by atoms with E-state index in [-0.39, 0.29) is 0 Å². The highest BCUT2D eigenvalue weighted by Crippen LogP contribution is 2.33. The lowest BCUT2D eigenvalue weighted by Crippen LogP contribution is -2.41. The maximum absolute atomic E-state index is 11.3. The standard InChI is InChI=1S/C25H49NO2/c1-3-5-6-7-8-9-10-11-12-15-18-23-19-16-13-14-17-20-24(26-28)25(27,22-23)21-4-2/h23,27-28H,3-22H2,1-2H3. The highest BCUT2D eigenvalue weighted by molar-refractivity contribution is 5.91. The van der Waals surface area contributed by atoms with E-state index >= 15 is 0 Å². The Balaban J connectivity index is 2.35. The summed E-state index contributed by atoms with van der Waals surface area (Å²) in [5.41, 5.74) is -0.242. The molecule has 1 rings (SSSR count). The minimum absolute atomic E-state index is 0.570. The molecule has 0 spiro atoms. The van der Waals surface area contributed by atoms with Gasteiger partial charge in [0.15, 0.2) is 0 Å². The summed E-state index contributed by atoms with van der Waals surface area (Å²) in [7, 11) is 0. The summed E-state index contributed by atoms with van der Waals surface area (Å²) in [5, 5.41) is 24.4. The number of oxime groups is 1. The monoisotopic (exact) mass is 395 g/mol. The minimum atomic E-state index is -0.885. The molecule has 166 valence electrons. The van der Waals surface area contributed by atoms with Crippen molar-refractivity contribution in [3.63, 3.8) is 0 Å². The van der Waals surface area contributed by atoms with E-state index in [9.17, 15) is 10.3 Å². The van der Waals surface area contributed by atoms with Gasteiger partial charge < -0.3 is 10.3 Å². The van der Waals surface area contributed by atoms with Crippen LogP contribution in [0.15, 0.2) is 5.16 Å². The number of hydrogen-bond donors (Lipinski definition) is 2. The van der Waals surface area contributed by atoms with Crippen LogP contribution in [0, 0.1) is 5.92 Å². The summed E-state index contributed by atoms with van der Waals surface area (Å²) in [4.78, 5) is 0. The largest absolute Gasteiger partial charge is 0.411 e. The van der Waals surface area contributed by atoms with Crippen molar-refractivity contribution in [3.05, 3.63) is 0 Å². The summed E-state index contributed by atoms with van der Waals surface area (Å²) < 4.78 is 0. The van der Waals surface area contributed by atoms with Gasteiger partial charge in [-0.2, -0.15) is 0 Å². The topological polar surface area (TPSA) is 52.8 Å². The molecule has 0 heterocycles. The quantitative estimate of drug-likeness (QED) is 0.188. The van der Waals surface area contributed by atoms with Gasteiger partial charge >= 0.3 is 0 Å². The zero-order chi connectivity index (χ0) is 20.5. The summed E-state index contributed by atoms with van der Waals surface area (Å²) in [6.07, 6.45) is 24.2. The van der Waals surface area contributed by atoms with Gasteiger partial charge in [-0.3, -0.25) is 0 Å². The fourth-order valence-corrected chi connectivity index (χ4v) is 4.98. The van der Waals surface area contributed by atoms with Crippen LogP contribution in [0.1, 0.15) is 142 Å². The van der Waals surface area contributed by atoms with E-state index < -0.39 is 5.60 Å². The molecule has 2 N–H and O–H groups in total. The van der Waals surface area contributed by atoms with Crippen molar-refractivity contribution in [2.45, 2.75) is 148 Å². The zero-order valence-corrected chi connectivity index (χ0v) is 19.1. The molecule has 3 nitrogen and oxygen atoms in total. The third kappa shape index (κ3) is 10.8. The number of aliphatic hydroxyl groups is 1. The van der Waals surface area contributed by atoms with E-state index in [2.05, 4.69) is 19.0 Å². The first kappa shape index (κ1) is 25.5. The molecule has 0 amide bonds. The fraction of sp³-hybridized carbons (Fsp3) is 0.960. The third-order valence-corrected chi connectivity index (χ3v) is 6.69. The Morgan fingerprint density at radius 2 is 1.43 bits per heavy atom. The van der Waals surface area contributed by atoms with Crippen LogP contribution in [0.25, 0.3) is 0 Å². The smallest absolute Gasteiger partial charge is 0.106 e. The van der Waals surface area contributed by atoms with Crippen LogP contribution in [0.5, 0.6) is 0 Å². The second-order valence-electron chi connectivity index (χ2n) is 9.32. The molecule has 0 aromatic rings. The summed E-state index contributed by atoms with van der Waals surface area (Å²) in [6, 6.07) is 0. The molecule has 3 heteroatoms. The third-order valence-electron chi connectivity index (χ3n) is 6.69. The van der Waals surface area contributed by atoms with Gasteiger partial charge in [-0.15, -0.1) is 0 Å². The molecule has 1 saturated carbocycles. The van der Waals surface area contributed by atoms with Crippen molar-refractivity contribution in [1.29, 1.82) is 0 Å². The Kier molecular flexibility index (Phi) is 14.8. The Morgan fingerprint density at radius 1 is 0.821 bits per heavy atom. The van der Waals surface area contributed by atoms with E-state index in [4.69, 9.17) is 0 Å². The first-order valence-corrected chi connectivity index (χ1v) is 12.6. The molecule has 1 fully saturated rings. The predicted molar refractivity (Wildman–Crippen MR) is 121 cm³/mol. The van der Waals surface area contributed by atoms with E-state index in [1.54, 1.807) is 0 Å². The van der Waals surface area contributed by atoms with Gasteiger partial charge in [0.05, 0.1) is 5.71 Å². The Bertz CT molecular complexity index is 396. The maximum Gasteiger partial charge on any atom is 0.106 e. The average Bonchev–Trinajstić information content (AvgIpc) is 2.68. The van der Waals surface area contributed by atoms with E-state index in [0.717, 1.165) is 32.1 Å². The van der Waals surface area contributed by atoms with Crippen molar-refractivity contribution in [2.75, 3.05) is 0 Å². The number of hydrogen-bond acceptors (Lipinski definition) is 3. The SMILES string of the molecule is CCCCCCCCCCCCC1CCCCCCC(=NO)C(O)(CCC)C1. The molecule has 1 aliphatic carbocycles. The average molecular weight is 396 g/mol. The van der Waals surface area contributed by atoms with Crippen LogP contribution in [0.4, 0.5) is 0 Å². The van der Waals surface area contributed by atoms with Gasteiger partial charge in [0, 0.05) is 0 Å². The van der Waals surface area contributed by atoms with E-state index in [0.29, 0.717) is 11.6 Å². The molecule has 1 aliphatic rings. The summed E-state index contributed by atoms with van der Waals surface area (Å²) >= 11 is 0. The number of nitrogens with zero attached hydrogens (tertiary/aromatic N) is 1. The fourth-order valence-electron chi connectivity index (χ4n) is 4.98. The van der Waals surface area contributed by atoms with Gasteiger partial charge in [-0.25, -0.2) is 0 Å². The molecule has 0 radical (unpaired) electrons. The molecule has 0 aromatic heterocycles. The molecular weight excluding hydrogens is 346 g/mol. The van der Waals surface area contributed by atoms with Gasteiger partial charge in [0.2, 0.25) is 0 Å². The van der Waals surface area contributed by atoms with Crippen LogP contribution < -0.4 is 0 Å². The second kappa shape index (κ2) is 16.3. The molecular formula is C25H49NO2. The van der Waals surface area contributed by atoms with Crippen LogP contribution >= 0.6 is 0 Å². The molecule has 0 aliphatic heterocycles. The molecule has 2 unspecified atom stereocenters. The minimum Gasteiger partial charge on any atom is -0.411 e. The van der Waals surface area contributed by atoms with Gasteiger partial charge in [-0.1, -0.05) is 122 Å². The molecule has 0 aromatic carbocycles. The summed E-state index contributed by atoms with van der Waals surface area (Å²) in [6.45, 7) is 4.39. The highest BCUT2D eigenvalue weighted by Gasteiger charge is 2.35. The van der Waals surface area contributed by atoms with Crippen LogP contribution in [-0.2, 0) is 0 Å². The Labute approximate surface area is 175 Å². The second-order valence-corrected chi connectivity index (χ2v) is 9.32. The van der Waals surface area contributed by atoms with Crippen LogP contribution in [0.2, 0.25) is 0 Å². The van der Waals surface area contributed by atoms with Crippen molar-refractivity contribution < 1.29 is 10.3 Å². The van der Waals surface area contributed by atoms with Crippen LogP contribution in [-0.4, -0.2) is 21.6 Å². The zero-order valence-electron chi connectivity index (χ0n) is 19.1. The molecule has 0 saturated heterocycles. The van der Waals surface area contributed by atoms with Crippen molar-refractivity contribution in [1.82, 2.24) is 0 Å². The lowest BCUT2D eigenvalue weighted by molar-refractivity contribution is 0.0619. The first-order valence-electron chi connectivity index (χ1n) is 12.6. The normalized spacial score (nSPS) is 25.8. The predicted octanol–water partition coefficient (Wildman–Crippen LogP) is 8.02. The highest BCUT2D eigenvalue weighted by atomic mass is 16.4. The lowest BCUT2D eigenvalue weighted by Gasteiger charge is -2.33. The van der Waals surface area contributed by atoms with Gasteiger partial charge in [0.1, 0.15) is 5.60 Å². The van der Waals surface area contributed by atoms with E-state index in [1.165, 1.54) is 96.3 Å². The maximum atomic E-state index is 11.3. The first-order chi connectivity index (χ1) is 13.7. The Hall–Kier alpha value is -0.570. The van der Waals surface area contributed by atoms with Crippen molar-refractivity contribution in [2.24, 2.45) is 11.1 Å². The molecule has 0 bridgehead atoms. The van der Waals surface area contributed by atoms with E-state index in [1.807, 2.05) is 0 Å². The molecule has 28 heavy (non-hydrogen) atoms. The van der Waals surface area contributed by atoms with Crippen LogP contribution in [0.3, 0.4) is 0 Å². The summed E-state index contributed by atoms with van der Waals surface area (Å²) in [5.74, 6) is 0.570. The van der Waals surface area contributed by atoms with Crippen molar-refractivity contribution >= 4 is 5.71 Å². The van der Waals surface area contributed by atoms with Gasteiger partial charge in [0.25, 0.3) is 0 Å².